The predicted molar refractivity (Wildman–Crippen MR) is 173 cm³/mol. The minimum atomic E-state index is -3.57. The van der Waals surface area contributed by atoms with E-state index >= 15 is 0 Å². The summed E-state index contributed by atoms with van der Waals surface area (Å²) in [6.45, 7) is 6.35. The molecule has 1 atom stereocenters. The molecule has 3 aromatic rings. The van der Waals surface area contributed by atoms with Crippen LogP contribution in [0.15, 0.2) is 95.9 Å². The number of sulfonamides is 1. The van der Waals surface area contributed by atoms with Gasteiger partial charge in [-0.3, -0.25) is 0 Å². The van der Waals surface area contributed by atoms with E-state index in [1.54, 1.807) is 31.3 Å². The first-order valence-electron chi connectivity index (χ1n) is 15.6. The van der Waals surface area contributed by atoms with Crippen molar-refractivity contribution < 1.29 is 17.9 Å². The third kappa shape index (κ3) is 9.65. The van der Waals surface area contributed by atoms with Gasteiger partial charge < -0.3 is 14.5 Å². The van der Waals surface area contributed by atoms with Crippen molar-refractivity contribution >= 4 is 16.1 Å². The van der Waals surface area contributed by atoms with Crippen molar-refractivity contribution in [1.82, 2.24) is 14.1 Å². The monoisotopic (exact) mass is 605 g/mol. The van der Waals surface area contributed by atoms with Crippen LogP contribution in [0.25, 0.3) is 0 Å². The highest BCUT2D eigenvalue weighted by Crippen LogP contribution is 2.26. The molecule has 1 aliphatic rings. The van der Waals surface area contributed by atoms with Gasteiger partial charge in [0.15, 0.2) is 0 Å². The predicted octanol–water partition coefficient (Wildman–Crippen LogP) is 6.43. The number of likely N-dealkylation sites (N-methyl/N-ethyl adjacent to an activating group) is 1. The molecule has 1 fully saturated rings. The largest absolute Gasteiger partial charge is 0.449 e. The summed E-state index contributed by atoms with van der Waals surface area (Å²) in [4.78, 5) is 17.7. The number of benzene rings is 3. The molecule has 0 aliphatic carbocycles. The van der Waals surface area contributed by atoms with E-state index in [-0.39, 0.29) is 18.1 Å². The second-order valence-electron chi connectivity index (χ2n) is 11.5. The van der Waals surface area contributed by atoms with Gasteiger partial charge in [0.2, 0.25) is 10.0 Å². The highest BCUT2D eigenvalue weighted by atomic mass is 32.2. The first-order chi connectivity index (χ1) is 20.9. The van der Waals surface area contributed by atoms with Gasteiger partial charge in [0.05, 0.1) is 11.5 Å². The van der Waals surface area contributed by atoms with Crippen LogP contribution in [0, 0.1) is 0 Å². The molecule has 0 radical (unpaired) electrons. The molecule has 8 heteroatoms. The van der Waals surface area contributed by atoms with Crippen LogP contribution < -0.4 is 0 Å². The molecular weight excluding hydrogens is 558 g/mol. The second-order valence-corrected chi connectivity index (χ2v) is 13.5. The van der Waals surface area contributed by atoms with Crippen LogP contribution in [0.5, 0.6) is 0 Å². The molecule has 0 saturated carbocycles. The van der Waals surface area contributed by atoms with Crippen LogP contribution in [0.1, 0.15) is 56.1 Å². The smallest absolute Gasteiger partial charge is 0.410 e. The van der Waals surface area contributed by atoms with Crippen molar-refractivity contribution in [2.45, 2.75) is 62.3 Å². The van der Waals surface area contributed by atoms with E-state index in [9.17, 15) is 13.2 Å². The second kappa shape index (κ2) is 16.6. The zero-order valence-corrected chi connectivity index (χ0v) is 26.5. The Morgan fingerprint density at radius 1 is 0.930 bits per heavy atom. The Bertz CT molecular complexity index is 1330. The molecule has 43 heavy (non-hydrogen) atoms. The highest BCUT2D eigenvalue weighted by Gasteiger charge is 2.29. The fraction of sp³-hybridized carbons (Fsp3) is 0.457. The lowest BCUT2D eigenvalue weighted by molar-refractivity contribution is 0.0638. The van der Waals surface area contributed by atoms with Gasteiger partial charge in [-0.1, -0.05) is 85.8 Å². The zero-order chi connectivity index (χ0) is 30.5. The summed E-state index contributed by atoms with van der Waals surface area (Å²) in [6.07, 6.45) is 5.11. The number of amides is 1. The number of likely N-dealkylation sites (tertiary alicyclic amines) is 1. The van der Waals surface area contributed by atoms with Gasteiger partial charge in [-0.2, -0.15) is 0 Å². The Kier molecular flexibility index (Phi) is 12.6. The van der Waals surface area contributed by atoms with Crippen molar-refractivity contribution in [2.75, 3.05) is 46.4 Å². The molecule has 1 amide bonds. The molecule has 7 nitrogen and oxygen atoms in total. The number of hydrogen-bond donors (Lipinski definition) is 0. The summed E-state index contributed by atoms with van der Waals surface area (Å²) < 4.78 is 33.7. The number of aryl methyl sites for hydroxylation is 1. The number of ether oxygens (including phenoxy) is 1. The Morgan fingerprint density at radius 3 is 2.16 bits per heavy atom. The van der Waals surface area contributed by atoms with E-state index in [0.717, 1.165) is 63.7 Å². The third-order valence-electron chi connectivity index (χ3n) is 8.37. The fourth-order valence-corrected chi connectivity index (χ4v) is 7.13. The van der Waals surface area contributed by atoms with Crippen molar-refractivity contribution in [3.63, 3.8) is 0 Å². The van der Waals surface area contributed by atoms with Gasteiger partial charge in [0.25, 0.3) is 0 Å². The molecule has 1 unspecified atom stereocenters. The molecule has 0 spiro atoms. The SMILES string of the molecule is CCCN(C(=O)OCCCc1ccccc1)C1CCN(CCC(CN(C)S(=O)(=O)c2ccccc2)c2ccccc2)CC1. The molecule has 1 heterocycles. The number of hydrogen-bond acceptors (Lipinski definition) is 5. The molecule has 0 aromatic heterocycles. The lowest BCUT2D eigenvalue weighted by atomic mass is 9.94. The summed E-state index contributed by atoms with van der Waals surface area (Å²) >= 11 is 0. The summed E-state index contributed by atoms with van der Waals surface area (Å²) in [7, 11) is -1.89. The van der Waals surface area contributed by atoms with Gasteiger partial charge in [-0.15, -0.1) is 0 Å². The van der Waals surface area contributed by atoms with Crippen LogP contribution in [-0.2, 0) is 21.2 Å². The van der Waals surface area contributed by atoms with Crippen molar-refractivity contribution in [1.29, 1.82) is 0 Å². The van der Waals surface area contributed by atoms with E-state index < -0.39 is 10.0 Å². The molecule has 3 aromatic carbocycles. The van der Waals surface area contributed by atoms with Gasteiger partial charge in [-0.25, -0.2) is 17.5 Å². The molecule has 1 saturated heterocycles. The maximum Gasteiger partial charge on any atom is 0.410 e. The molecule has 0 bridgehead atoms. The summed E-state index contributed by atoms with van der Waals surface area (Å²) in [5.41, 5.74) is 2.41. The van der Waals surface area contributed by atoms with Gasteiger partial charge >= 0.3 is 6.09 Å². The quantitative estimate of drug-likeness (QED) is 0.187. The van der Waals surface area contributed by atoms with Crippen LogP contribution in [0.4, 0.5) is 4.79 Å². The number of nitrogens with zero attached hydrogens (tertiary/aromatic N) is 3. The Hall–Kier alpha value is -3.20. The number of carbonyl (C=O) groups excluding carboxylic acids is 1. The van der Waals surface area contributed by atoms with Crippen LogP contribution in [0.2, 0.25) is 0 Å². The Labute approximate surface area is 258 Å². The molecular formula is C35H47N3O4S. The van der Waals surface area contributed by atoms with Crippen LogP contribution in [-0.4, -0.2) is 81.0 Å². The van der Waals surface area contributed by atoms with Crippen molar-refractivity contribution in [2.24, 2.45) is 0 Å². The molecule has 1 aliphatic heterocycles. The zero-order valence-electron chi connectivity index (χ0n) is 25.7. The summed E-state index contributed by atoms with van der Waals surface area (Å²) in [6, 6.07) is 29.3. The maximum atomic E-state index is 13.2. The number of carbonyl (C=O) groups is 1. The normalized spacial score (nSPS) is 15.3. The van der Waals surface area contributed by atoms with Gasteiger partial charge in [0, 0.05) is 39.3 Å². The van der Waals surface area contributed by atoms with E-state index in [1.165, 1.54) is 9.87 Å². The van der Waals surface area contributed by atoms with E-state index in [2.05, 4.69) is 36.1 Å². The summed E-state index contributed by atoms with van der Waals surface area (Å²) in [5.74, 6) is 0.0739. The molecule has 232 valence electrons. The third-order valence-corrected chi connectivity index (χ3v) is 10.2. The van der Waals surface area contributed by atoms with E-state index in [1.807, 2.05) is 47.4 Å². The Balaban J connectivity index is 1.28. The van der Waals surface area contributed by atoms with Gasteiger partial charge in [-0.05, 0) is 74.2 Å². The number of rotatable bonds is 15. The van der Waals surface area contributed by atoms with Crippen molar-refractivity contribution in [3.8, 4) is 0 Å². The maximum absolute atomic E-state index is 13.2. The fourth-order valence-electron chi connectivity index (χ4n) is 5.89. The minimum Gasteiger partial charge on any atom is -0.449 e. The first-order valence-corrected chi connectivity index (χ1v) is 17.1. The highest BCUT2D eigenvalue weighted by molar-refractivity contribution is 7.89. The van der Waals surface area contributed by atoms with Crippen LogP contribution >= 0.6 is 0 Å². The Morgan fingerprint density at radius 2 is 1.53 bits per heavy atom. The molecule has 0 N–H and O–H groups in total. The topological polar surface area (TPSA) is 70.2 Å². The standard InChI is InChI=1S/C35H47N3O4S/c1-3-24-38(35(39)42-28-13-16-30-14-7-4-8-15-30)33-22-26-37(27-23-33)25-21-32(31-17-9-5-10-18-31)29-36(2)43(40,41)34-19-11-6-12-20-34/h4-12,14-15,17-20,32-33H,3,13,16,21-29H2,1-2H3. The summed E-state index contributed by atoms with van der Waals surface area (Å²) in [5, 5.41) is 0. The first kappa shape index (κ1) is 32.7. The average Bonchev–Trinajstić information content (AvgIpc) is 3.05. The lowest BCUT2D eigenvalue weighted by Crippen LogP contribution is -2.48. The van der Waals surface area contributed by atoms with E-state index in [4.69, 9.17) is 4.74 Å². The van der Waals surface area contributed by atoms with Crippen molar-refractivity contribution in [3.05, 3.63) is 102 Å². The minimum absolute atomic E-state index is 0.0739. The molecule has 4 rings (SSSR count). The van der Waals surface area contributed by atoms with Crippen LogP contribution in [0.3, 0.4) is 0 Å². The number of piperidine rings is 1. The average molecular weight is 606 g/mol. The van der Waals surface area contributed by atoms with Gasteiger partial charge in [0.1, 0.15) is 0 Å². The lowest BCUT2D eigenvalue weighted by Gasteiger charge is -2.38. The van der Waals surface area contributed by atoms with E-state index in [0.29, 0.717) is 24.6 Å².